The zero-order chi connectivity index (χ0) is 19.9. The fourth-order valence-corrected chi connectivity index (χ4v) is 2.44. The molecule has 8 nitrogen and oxygen atoms in total. The number of carbonyl (C=O) groups is 2. The van der Waals surface area contributed by atoms with Gasteiger partial charge in [-0.2, -0.15) is 5.10 Å². The maximum atomic E-state index is 12.9. The van der Waals surface area contributed by atoms with E-state index in [4.69, 9.17) is 0 Å². The van der Waals surface area contributed by atoms with E-state index in [-0.39, 0.29) is 19.0 Å². The third-order valence-electron chi connectivity index (χ3n) is 3.78. The summed E-state index contributed by atoms with van der Waals surface area (Å²) in [7, 11) is 0. The first-order valence-corrected chi connectivity index (χ1v) is 8.59. The number of hydrogen-bond acceptors (Lipinski definition) is 4. The third kappa shape index (κ3) is 5.13. The van der Waals surface area contributed by atoms with Crippen molar-refractivity contribution >= 4 is 17.6 Å². The summed E-state index contributed by atoms with van der Waals surface area (Å²) in [5.41, 5.74) is 1.71. The highest BCUT2D eigenvalue weighted by molar-refractivity contribution is 5.94. The van der Waals surface area contributed by atoms with Gasteiger partial charge in [0.1, 0.15) is 11.6 Å². The van der Waals surface area contributed by atoms with Crippen LogP contribution in [0.15, 0.2) is 48.5 Å². The van der Waals surface area contributed by atoms with Crippen LogP contribution >= 0.6 is 0 Å². The first-order valence-electron chi connectivity index (χ1n) is 8.59. The van der Waals surface area contributed by atoms with Crippen molar-refractivity contribution in [3.8, 4) is 11.4 Å². The van der Waals surface area contributed by atoms with E-state index in [2.05, 4.69) is 31.1 Å². The highest BCUT2D eigenvalue weighted by atomic mass is 19.1. The van der Waals surface area contributed by atoms with Crippen molar-refractivity contribution in [1.82, 2.24) is 25.8 Å². The van der Waals surface area contributed by atoms with E-state index in [9.17, 15) is 14.0 Å². The molecule has 0 atom stereocenters. The van der Waals surface area contributed by atoms with Crippen LogP contribution in [0.4, 0.5) is 14.9 Å². The van der Waals surface area contributed by atoms with Gasteiger partial charge >= 0.3 is 6.03 Å². The van der Waals surface area contributed by atoms with Gasteiger partial charge in [0.25, 0.3) is 5.91 Å². The minimum atomic E-state index is -0.405. The van der Waals surface area contributed by atoms with E-state index >= 15 is 0 Å². The van der Waals surface area contributed by atoms with Crippen LogP contribution < -0.4 is 16.0 Å². The Hall–Kier alpha value is -3.75. The second-order valence-electron chi connectivity index (χ2n) is 5.97. The van der Waals surface area contributed by atoms with Crippen LogP contribution in [0.3, 0.4) is 0 Å². The number of benzene rings is 2. The topological polar surface area (TPSA) is 112 Å². The molecule has 28 heavy (non-hydrogen) atoms. The molecular formula is C19H19FN6O2. The van der Waals surface area contributed by atoms with Crippen molar-refractivity contribution in [3.63, 3.8) is 0 Å². The lowest BCUT2D eigenvalue weighted by atomic mass is 10.2. The first kappa shape index (κ1) is 19.0. The number of halogens is 1. The SMILES string of the molecule is Cc1nc(-c2cccc(NC(=O)NCCNC(=O)c3ccc(F)cc3)c2)n[nH]1. The van der Waals surface area contributed by atoms with Gasteiger partial charge in [-0.25, -0.2) is 14.2 Å². The van der Waals surface area contributed by atoms with Crippen molar-refractivity contribution in [2.45, 2.75) is 6.92 Å². The number of hydrogen-bond donors (Lipinski definition) is 4. The number of aryl methyl sites for hydroxylation is 1. The van der Waals surface area contributed by atoms with Crippen LogP contribution in [0.1, 0.15) is 16.2 Å². The second-order valence-corrected chi connectivity index (χ2v) is 5.97. The normalized spacial score (nSPS) is 10.4. The molecular weight excluding hydrogens is 363 g/mol. The molecule has 0 radical (unpaired) electrons. The van der Waals surface area contributed by atoms with E-state index < -0.39 is 11.8 Å². The molecule has 2 aromatic carbocycles. The summed E-state index contributed by atoms with van der Waals surface area (Å²) in [5, 5.41) is 14.9. The third-order valence-corrected chi connectivity index (χ3v) is 3.78. The van der Waals surface area contributed by atoms with E-state index in [1.807, 2.05) is 6.07 Å². The van der Waals surface area contributed by atoms with Crippen LogP contribution in [-0.2, 0) is 0 Å². The summed E-state index contributed by atoms with van der Waals surface area (Å²) >= 11 is 0. The average Bonchev–Trinajstić information content (AvgIpc) is 3.12. The second kappa shape index (κ2) is 8.76. The van der Waals surface area contributed by atoms with Gasteiger partial charge in [0.15, 0.2) is 5.82 Å². The summed E-state index contributed by atoms with van der Waals surface area (Å²) in [6.07, 6.45) is 0. The lowest BCUT2D eigenvalue weighted by Gasteiger charge is -2.09. The smallest absolute Gasteiger partial charge is 0.319 e. The number of H-pyrrole nitrogens is 1. The summed E-state index contributed by atoms with van der Waals surface area (Å²) in [5.74, 6) is 0.507. The zero-order valence-electron chi connectivity index (χ0n) is 15.1. The van der Waals surface area contributed by atoms with Gasteiger partial charge in [-0.1, -0.05) is 12.1 Å². The summed E-state index contributed by atoms with van der Waals surface area (Å²) in [4.78, 5) is 28.1. The fourth-order valence-electron chi connectivity index (χ4n) is 2.44. The zero-order valence-corrected chi connectivity index (χ0v) is 15.1. The van der Waals surface area contributed by atoms with Crippen LogP contribution in [-0.4, -0.2) is 40.2 Å². The summed E-state index contributed by atoms with van der Waals surface area (Å²) < 4.78 is 12.9. The molecule has 0 unspecified atom stereocenters. The van der Waals surface area contributed by atoms with Crippen molar-refractivity contribution in [2.24, 2.45) is 0 Å². The predicted octanol–water partition coefficient (Wildman–Crippen LogP) is 2.47. The fraction of sp³-hybridized carbons (Fsp3) is 0.158. The van der Waals surface area contributed by atoms with Crippen LogP contribution in [0, 0.1) is 12.7 Å². The molecule has 0 aliphatic heterocycles. The van der Waals surface area contributed by atoms with Crippen LogP contribution in [0.5, 0.6) is 0 Å². The summed E-state index contributed by atoms with van der Waals surface area (Å²) in [6.45, 7) is 2.28. The lowest BCUT2D eigenvalue weighted by molar-refractivity contribution is 0.0954. The largest absolute Gasteiger partial charge is 0.350 e. The van der Waals surface area contributed by atoms with Gasteiger partial charge in [-0.3, -0.25) is 9.89 Å². The number of aromatic nitrogens is 3. The Morgan fingerprint density at radius 1 is 1.07 bits per heavy atom. The standard InChI is InChI=1S/C19H19FN6O2/c1-12-23-17(26-25-12)14-3-2-4-16(11-14)24-19(28)22-10-9-21-18(27)13-5-7-15(20)8-6-13/h2-8,11H,9-10H2,1H3,(H,21,27)(H2,22,24,28)(H,23,25,26). The number of carbonyl (C=O) groups excluding carboxylic acids is 2. The molecule has 0 aliphatic rings. The Morgan fingerprint density at radius 2 is 1.82 bits per heavy atom. The molecule has 0 bridgehead atoms. The van der Waals surface area contributed by atoms with Crippen molar-refractivity contribution in [1.29, 1.82) is 0 Å². The van der Waals surface area contributed by atoms with Crippen molar-refractivity contribution < 1.29 is 14.0 Å². The number of nitrogens with one attached hydrogen (secondary N) is 4. The molecule has 3 rings (SSSR count). The molecule has 0 aliphatic carbocycles. The maximum Gasteiger partial charge on any atom is 0.319 e. The van der Waals surface area contributed by atoms with E-state index in [0.717, 1.165) is 5.56 Å². The number of nitrogens with zero attached hydrogens (tertiary/aromatic N) is 2. The van der Waals surface area contributed by atoms with E-state index in [0.29, 0.717) is 22.9 Å². The van der Waals surface area contributed by atoms with Crippen molar-refractivity contribution in [2.75, 3.05) is 18.4 Å². The van der Waals surface area contributed by atoms with Gasteiger partial charge < -0.3 is 16.0 Å². The number of amides is 3. The maximum absolute atomic E-state index is 12.9. The molecule has 144 valence electrons. The van der Waals surface area contributed by atoms with E-state index in [1.165, 1.54) is 24.3 Å². The van der Waals surface area contributed by atoms with Gasteiger partial charge in [-0.05, 0) is 43.3 Å². The number of urea groups is 1. The molecule has 1 heterocycles. The van der Waals surface area contributed by atoms with Crippen molar-refractivity contribution in [3.05, 3.63) is 65.7 Å². The Labute approximate surface area is 160 Å². The summed E-state index contributed by atoms with van der Waals surface area (Å²) in [6, 6.07) is 12.0. The number of aromatic amines is 1. The average molecular weight is 382 g/mol. The highest BCUT2D eigenvalue weighted by Gasteiger charge is 2.07. The number of anilines is 1. The van der Waals surface area contributed by atoms with Gasteiger partial charge in [-0.15, -0.1) is 0 Å². The molecule has 3 aromatic rings. The molecule has 0 saturated heterocycles. The minimum Gasteiger partial charge on any atom is -0.350 e. The quantitative estimate of drug-likeness (QED) is 0.491. The molecule has 9 heteroatoms. The predicted molar refractivity (Wildman–Crippen MR) is 102 cm³/mol. The molecule has 3 amide bonds. The molecule has 0 saturated carbocycles. The molecule has 0 spiro atoms. The van der Waals surface area contributed by atoms with Gasteiger partial charge in [0.2, 0.25) is 0 Å². The minimum absolute atomic E-state index is 0.235. The monoisotopic (exact) mass is 382 g/mol. The number of rotatable bonds is 6. The molecule has 0 fully saturated rings. The van der Waals surface area contributed by atoms with Crippen LogP contribution in [0.25, 0.3) is 11.4 Å². The molecule has 1 aromatic heterocycles. The van der Waals surface area contributed by atoms with Gasteiger partial charge in [0, 0.05) is 29.9 Å². The lowest BCUT2D eigenvalue weighted by Crippen LogP contribution is -2.36. The Morgan fingerprint density at radius 3 is 2.54 bits per heavy atom. The van der Waals surface area contributed by atoms with E-state index in [1.54, 1.807) is 25.1 Å². The molecule has 4 N–H and O–H groups in total. The van der Waals surface area contributed by atoms with Crippen LogP contribution in [0.2, 0.25) is 0 Å². The Balaban J connectivity index is 1.44. The van der Waals surface area contributed by atoms with Gasteiger partial charge in [0.05, 0.1) is 0 Å². The Bertz CT molecular complexity index is 971. The highest BCUT2D eigenvalue weighted by Crippen LogP contribution is 2.19. The Kier molecular flexibility index (Phi) is 5.95. The first-order chi connectivity index (χ1) is 13.5.